The van der Waals surface area contributed by atoms with Gasteiger partial charge in [0.2, 0.25) is 5.91 Å². The highest BCUT2D eigenvalue weighted by atomic mass is 32.1. The monoisotopic (exact) mass is 397 g/mol. The number of nitrogens with zero attached hydrogens (tertiary/aromatic N) is 3. The van der Waals surface area contributed by atoms with Crippen LogP contribution in [0, 0.1) is 20.8 Å². The van der Waals surface area contributed by atoms with Gasteiger partial charge in [-0.3, -0.25) is 9.69 Å². The van der Waals surface area contributed by atoms with Gasteiger partial charge in [-0.1, -0.05) is 29.8 Å². The summed E-state index contributed by atoms with van der Waals surface area (Å²) in [5.41, 5.74) is 3.75. The van der Waals surface area contributed by atoms with Crippen LogP contribution >= 0.6 is 11.3 Å². The second-order valence-electron chi connectivity index (χ2n) is 8.56. The van der Waals surface area contributed by atoms with Crippen LogP contribution in [0.2, 0.25) is 0 Å². The molecule has 150 valence electrons. The number of aromatic nitrogens is 1. The molecule has 4 rings (SSSR count). The molecule has 2 fully saturated rings. The van der Waals surface area contributed by atoms with E-state index in [2.05, 4.69) is 59.8 Å². The number of aryl methyl sites for hydroxylation is 3. The second kappa shape index (κ2) is 7.96. The molecule has 1 aromatic heterocycles. The van der Waals surface area contributed by atoms with Crippen LogP contribution in [0.15, 0.2) is 24.3 Å². The molecule has 2 saturated heterocycles. The molecule has 1 unspecified atom stereocenters. The minimum absolute atomic E-state index is 0.0510. The van der Waals surface area contributed by atoms with Gasteiger partial charge in [-0.15, -0.1) is 11.3 Å². The first-order valence-electron chi connectivity index (χ1n) is 10.5. The van der Waals surface area contributed by atoms with E-state index in [-0.39, 0.29) is 5.54 Å². The van der Waals surface area contributed by atoms with Crippen LogP contribution in [-0.2, 0) is 17.9 Å². The summed E-state index contributed by atoms with van der Waals surface area (Å²) in [7, 11) is 0. The van der Waals surface area contributed by atoms with E-state index in [4.69, 9.17) is 0 Å². The molecule has 3 heterocycles. The quantitative estimate of drug-likeness (QED) is 0.756. The van der Waals surface area contributed by atoms with E-state index in [9.17, 15) is 4.79 Å². The third kappa shape index (κ3) is 4.01. The molecule has 4 nitrogen and oxygen atoms in total. The first-order chi connectivity index (χ1) is 13.4. The smallest absolute Gasteiger partial charge is 0.223 e. The van der Waals surface area contributed by atoms with E-state index >= 15 is 0 Å². The zero-order valence-electron chi connectivity index (χ0n) is 17.3. The summed E-state index contributed by atoms with van der Waals surface area (Å²) >= 11 is 1.83. The Hall–Kier alpha value is -1.72. The molecule has 2 aromatic rings. The number of thiazole rings is 1. The van der Waals surface area contributed by atoms with E-state index in [1.807, 2.05) is 11.3 Å². The maximum Gasteiger partial charge on any atom is 0.223 e. The van der Waals surface area contributed by atoms with Crippen molar-refractivity contribution in [1.29, 1.82) is 0 Å². The Bertz CT molecular complexity index is 844. The summed E-state index contributed by atoms with van der Waals surface area (Å²) < 4.78 is 0. The fraction of sp³-hybridized carbons (Fsp3) is 0.565. The molecular formula is C23H31N3OS. The standard InChI is InChI=1S/C23H31N3OS/c1-17-5-7-20(8-6-17)15-26-22(27)9-11-23(26)10-4-13-25(14-12-23)16-21-18(2)24-19(3)28-21/h5-8H,4,9-16H2,1-3H3. The largest absolute Gasteiger partial charge is 0.333 e. The molecule has 2 aliphatic heterocycles. The Balaban J connectivity index is 1.46. The Morgan fingerprint density at radius 1 is 1.04 bits per heavy atom. The van der Waals surface area contributed by atoms with Crippen molar-refractivity contribution in [3.05, 3.63) is 51.0 Å². The van der Waals surface area contributed by atoms with Crippen LogP contribution < -0.4 is 0 Å². The summed E-state index contributed by atoms with van der Waals surface area (Å²) in [6, 6.07) is 8.65. The predicted molar refractivity (Wildman–Crippen MR) is 114 cm³/mol. The molecule has 0 bridgehead atoms. The summed E-state index contributed by atoms with van der Waals surface area (Å²) in [6.07, 6.45) is 5.10. The zero-order chi connectivity index (χ0) is 19.7. The average molecular weight is 398 g/mol. The number of likely N-dealkylation sites (tertiary alicyclic amines) is 2. The average Bonchev–Trinajstić information content (AvgIpc) is 3.04. The summed E-state index contributed by atoms with van der Waals surface area (Å²) in [5.74, 6) is 0.336. The van der Waals surface area contributed by atoms with Crippen LogP contribution in [-0.4, -0.2) is 39.3 Å². The first kappa shape index (κ1) is 19.6. The van der Waals surface area contributed by atoms with E-state index in [0.717, 1.165) is 56.9 Å². The molecule has 1 spiro atoms. The third-order valence-electron chi connectivity index (χ3n) is 6.52. The molecule has 2 aliphatic rings. The van der Waals surface area contributed by atoms with Gasteiger partial charge in [0.1, 0.15) is 0 Å². The van der Waals surface area contributed by atoms with E-state index in [0.29, 0.717) is 12.3 Å². The Labute approximate surface area is 172 Å². The van der Waals surface area contributed by atoms with Gasteiger partial charge >= 0.3 is 0 Å². The number of amides is 1. The Kier molecular flexibility index (Phi) is 5.57. The van der Waals surface area contributed by atoms with Gasteiger partial charge in [0.15, 0.2) is 0 Å². The topological polar surface area (TPSA) is 36.4 Å². The third-order valence-corrected chi connectivity index (χ3v) is 7.57. The lowest BCUT2D eigenvalue weighted by atomic mass is 9.87. The van der Waals surface area contributed by atoms with Crippen LogP contribution in [0.3, 0.4) is 0 Å². The minimum Gasteiger partial charge on any atom is -0.333 e. The molecule has 0 saturated carbocycles. The van der Waals surface area contributed by atoms with Crippen molar-refractivity contribution >= 4 is 17.2 Å². The van der Waals surface area contributed by atoms with Gasteiger partial charge in [-0.2, -0.15) is 0 Å². The van der Waals surface area contributed by atoms with Gasteiger partial charge in [-0.05, 0) is 58.6 Å². The molecule has 5 heteroatoms. The van der Waals surface area contributed by atoms with Gasteiger partial charge < -0.3 is 4.90 Å². The van der Waals surface area contributed by atoms with Crippen LogP contribution in [0.5, 0.6) is 0 Å². The molecule has 0 N–H and O–H groups in total. The van der Waals surface area contributed by atoms with E-state index < -0.39 is 0 Å². The van der Waals surface area contributed by atoms with Crippen molar-refractivity contribution in [3.8, 4) is 0 Å². The fourth-order valence-corrected chi connectivity index (χ4v) is 5.82. The SMILES string of the molecule is Cc1ccc(CN2C(=O)CCC23CCCN(Cc2sc(C)nc2C)CC3)cc1. The van der Waals surface area contributed by atoms with Crippen LogP contribution in [0.4, 0.5) is 0 Å². The lowest BCUT2D eigenvalue weighted by molar-refractivity contribution is -0.132. The summed E-state index contributed by atoms with van der Waals surface area (Å²) in [4.78, 5) is 23.5. The van der Waals surface area contributed by atoms with Crippen molar-refractivity contribution in [2.75, 3.05) is 13.1 Å². The Morgan fingerprint density at radius 2 is 1.82 bits per heavy atom. The number of carbonyl (C=O) groups is 1. The van der Waals surface area contributed by atoms with Gasteiger partial charge in [0.05, 0.1) is 10.7 Å². The maximum absolute atomic E-state index is 12.8. The number of rotatable bonds is 4. The van der Waals surface area contributed by atoms with Crippen molar-refractivity contribution in [1.82, 2.24) is 14.8 Å². The van der Waals surface area contributed by atoms with E-state index in [1.165, 1.54) is 21.7 Å². The van der Waals surface area contributed by atoms with Gasteiger partial charge in [0, 0.05) is 36.5 Å². The van der Waals surface area contributed by atoms with Crippen LogP contribution in [0.1, 0.15) is 58.8 Å². The van der Waals surface area contributed by atoms with Crippen molar-refractivity contribution in [2.24, 2.45) is 0 Å². The molecule has 0 aliphatic carbocycles. The fourth-order valence-electron chi connectivity index (χ4n) is 4.84. The normalized spacial score (nSPS) is 23.5. The number of benzene rings is 1. The zero-order valence-corrected chi connectivity index (χ0v) is 18.1. The van der Waals surface area contributed by atoms with Crippen LogP contribution in [0.25, 0.3) is 0 Å². The van der Waals surface area contributed by atoms with Crippen molar-refractivity contribution < 1.29 is 4.79 Å². The summed E-state index contributed by atoms with van der Waals surface area (Å²) in [5, 5.41) is 1.16. The molecule has 1 atom stereocenters. The Morgan fingerprint density at radius 3 is 2.54 bits per heavy atom. The molecule has 28 heavy (non-hydrogen) atoms. The molecular weight excluding hydrogens is 366 g/mol. The highest BCUT2D eigenvalue weighted by Gasteiger charge is 2.45. The van der Waals surface area contributed by atoms with Crippen molar-refractivity contribution in [2.45, 2.75) is 71.5 Å². The van der Waals surface area contributed by atoms with Gasteiger partial charge in [0.25, 0.3) is 0 Å². The second-order valence-corrected chi connectivity index (χ2v) is 9.85. The highest BCUT2D eigenvalue weighted by Crippen LogP contribution is 2.40. The highest BCUT2D eigenvalue weighted by molar-refractivity contribution is 7.11. The molecule has 1 amide bonds. The minimum atomic E-state index is 0.0510. The number of hydrogen-bond acceptors (Lipinski definition) is 4. The lowest BCUT2D eigenvalue weighted by Gasteiger charge is -2.38. The van der Waals surface area contributed by atoms with Crippen molar-refractivity contribution in [3.63, 3.8) is 0 Å². The maximum atomic E-state index is 12.8. The lowest BCUT2D eigenvalue weighted by Crippen LogP contribution is -2.45. The molecule has 1 aromatic carbocycles. The number of carbonyl (C=O) groups excluding carboxylic acids is 1. The summed E-state index contributed by atoms with van der Waals surface area (Å²) in [6.45, 7) is 10.3. The van der Waals surface area contributed by atoms with E-state index in [1.54, 1.807) is 0 Å². The predicted octanol–water partition coefficient (Wildman–Crippen LogP) is 4.62. The van der Waals surface area contributed by atoms with Gasteiger partial charge in [-0.25, -0.2) is 4.98 Å². The number of hydrogen-bond donors (Lipinski definition) is 0. The first-order valence-corrected chi connectivity index (χ1v) is 11.3. The molecule has 0 radical (unpaired) electrons.